The summed E-state index contributed by atoms with van der Waals surface area (Å²) in [4.78, 5) is 23.5. The highest BCUT2D eigenvalue weighted by Gasteiger charge is 2.43. The molecule has 0 radical (unpaired) electrons. The van der Waals surface area contributed by atoms with Crippen LogP contribution in [0.3, 0.4) is 0 Å². The first kappa shape index (κ1) is 31.8. The Hall–Kier alpha value is -3.72. The summed E-state index contributed by atoms with van der Waals surface area (Å²) >= 11 is 0. The number of aliphatic hydroxyl groups is 4. The second-order valence-electron chi connectivity index (χ2n) is 8.92. The van der Waals surface area contributed by atoms with Gasteiger partial charge in [0.05, 0.1) is 20.8 Å². The van der Waals surface area contributed by atoms with Gasteiger partial charge < -0.3 is 53.6 Å². The second kappa shape index (κ2) is 14.8. The van der Waals surface area contributed by atoms with Crippen LogP contribution in [-0.4, -0.2) is 97.6 Å². The standard InChI is InChI=1S/C28H34O13/c1-15(30)39-18-9-7-17(12-21(18)36-3)25(32)22(13-29)40-19-8-5-16(11-20(19)35-2)6-10-24(31)38-14-23-26(33)27(34)28(37-4)41-23/h5-12,22-23,25-29,32-34H,13-14H2,1-4H3/b10-6+/t22-,23+,25-,26+,27-,28-/m1/s1. The van der Waals surface area contributed by atoms with E-state index in [1.165, 1.54) is 52.5 Å². The summed E-state index contributed by atoms with van der Waals surface area (Å²) in [5.74, 6) is -0.383. The van der Waals surface area contributed by atoms with Crippen molar-refractivity contribution in [3.63, 3.8) is 0 Å². The Kier molecular flexibility index (Phi) is 11.5. The number of ether oxygens (including phenoxy) is 7. The highest BCUT2D eigenvalue weighted by atomic mass is 16.7. The molecule has 4 N–H and O–H groups in total. The molecule has 0 amide bonds. The molecule has 1 aliphatic rings. The first-order chi connectivity index (χ1) is 19.6. The van der Waals surface area contributed by atoms with Crippen molar-refractivity contribution >= 4 is 18.0 Å². The van der Waals surface area contributed by atoms with E-state index in [4.69, 9.17) is 33.2 Å². The molecule has 3 rings (SSSR count). The number of aliphatic hydroxyl groups excluding tert-OH is 4. The van der Waals surface area contributed by atoms with E-state index in [0.29, 0.717) is 11.1 Å². The third kappa shape index (κ3) is 8.16. The van der Waals surface area contributed by atoms with E-state index in [2.05, 4.69) is 0 Å². The number of rotatable bonds is 13. The first-order valence-electron chi connectivity index (χ1n) is 12.5. The highest BCUT2D eigenvalue weighted by Crippen LogP contribution is 2.35. The summed E-state index contributed by atoms with van der Waals surface area (Å²) < 4.78 is 36.8. The molecule has 224 valence electrons. The van der Waals surface area contributed by atoms with Gasteiger partial charge >= 0.3 is 11.9 Å². The lowest BCUT2D eigenvalue weighted by molar-refractivity contribution is -0.162. The van der Waals surface area contributed by atoms with Crippen LogP contribution in [-0.2, 0) is 23.8 Å². The molecular formula is C28H34O13. The van der Waals surface area contributed by atoms with E-state index in [1.807, 2.05) is 0 Å². The molecule has 41 heavy (non-hydrogen) atoms. The minimum Gasteiger partial charge on any atom is -0.493 e. The number of benzene rings is 2. The van der Waals surface area contributed by atoms with Crippen molar-refractivity contribution in [1.29, 1.82) is 0 Å². The van der Waals surface area contributed by atoms with Crippen molar-refractivity contribution in [1.82, 2.24) is 0 Å². The number of methoxy groups -OCH3 is 3. The molecule has 0 saturated carbocycles. The van der Waals surface area contributed by atoms with Gasteiger partial charge in [0, 0.05) is 20.1 Å². The molecule has 0 aromatic heterocycles. The molecule has 0 aliphatic carbocycles. The van der Waals surface area contributed by atoms with Crippen LogP contribution in [0.2, 0.25) is 0 Å². The van der Waals surface area contributed by atoms with Gasteiger partial charge in [-0.25, -0.2) is 4.79 Å². The van der Waals surface area contributed by atoms with Gasteiger partial charge in [0.25, 0.3) is 0 Å². The van der Waals surface area contributed by atoms with Gasteiger partial charge in [-0.15, -0.1) is 0 Å². The van der Waals surface area contributed by atoms with Crippen molar-refractivity contribution in [3.05, 3.63) is 53.6 Å². The third-order valence-corrected chi connectivity index (χ3v) is 6.13. The van der Waals surface area contributed by atoms with Gasteiger partial charge in [-0.1, -0.05) is 12.1 Å². The average molecular weight is 579 g/mol. The summed E-state index contributed by atoms with van der Waals surface area (Å²) in [5.41, 5.74) is 0.890. The van der Waals surface area contributed by atoms with Crippen molar-refractivity contribution in [2.75, 3.05) is 34.5 Å². The van der Waals surface area contributed by atoms with Gasteiger partial charge in [-0.05, 0) is 41.5 Å². The molecule has 13 nitrogen and oxygen atoms in total. The Morgan fingerprint density at radius 2 is 1.66 bits per heavy atom. The summed E-state index contributed by atoms with van der Waals surface area (Å²) in [6, 6.07) is 9.17. The van der Waals surface area contributed by atoms with Gasteiger partial charge in [-0.3, -0.25) is 4.79 Å². The lowest BCUT2D eigenvalue weighted by Gasteiger charge is -2.24. The zero-order valence-electron chi connectivity index (χ0n) is 23.0. The Bertz CT molecular complexity index is 1210. The molecule has 0 unspecified atom stereocenters. The zero-order valence-corrected chi connectivity index (χ0v) is 23.0. The molecule has 1 saturated heterocycles. The summed E-state index contributed by atoms with van der Waals surface area (Å²) in [5, 5.41) is 40.6. The van der Waals surface area contributed by atoms with Gasteiger partial charge in [0.15, 0.2) is 35.4 Å². The Morgan fingerprint density at radius 3 is 2.27 bits per heavy atom. The normalized spacial score (nSPS) is 21.8. The molecule has 2 aromatic carbocycles. The van der Waals surface area contributed by atoms with Crippen LogP contribution in [0.1, 0.15) is 24.2 Å². The minimum atomic E-state index is -1.29. The van der Waals surface area contributed by atoms with Crippen LogP contribution >= 0.6 is 0 Å². The average Bonchev–Trinajstić information content (AvgIpc) is 3.25. The third-order valence-electron chi connectivity index (χ3n) is 6.13. The fourth-order valence-corrected chi connectivity index (χ4v) is 4.00. The van der Waals surface area contributed by atoms with Crippen LogP contribution in [0.15, 0.2) is 42.5 Å². The highest BCUT2D eigenvalue weighted by molar-refractivity contribution is 5.87. The molecule has 13 heteroatoms. The number of esters is 2. The predicted molar refractivity (Wildman–Crippen MR) is 141 cm³/mol. The minimum absolute atomic E-state index is 0.176. The maximum absolute atomic E-state index is 12.2. The molecule has 1 heterocycles. The summed E-state index contributed by atoms with van der Waals surface area (Å²) in [7, 11) is 4.11. The first-order valence-corrected chi connectivity index (χ1v) is 12.5. The number of hydrogen-bond donors (Lipinski definition) is 4. The largest absolute Gasteiger partial charge is 0.493 e. The fraction of sp³-hybridized carbons (Fsp3) is 0.429. The fourth-order valence-electron chi connectivity index (χ4n) is 4.00. The maximum atomic E-state index is 12.2. The van der Waals surface area contributed by atoms with Crippen molar-refractivity contribution in [2.24, 2.45) is 0 Å². The van der Waals surface area contributed by atoms with E-state index < -0.39 is 55.4 Å². The predicted octanol–water partition coefficient (Wildman–Crippen LogP) is 0.752. The second-order valence-corrected chi connectivity index (χ2v) is 8.92. The number of carbonyl (C=O) groups is 2. The Morgan fingerprint density at radius 1 is 0.976 bits per heavy atom. The monoisotopic (exact) mass is 578 g/mol. The molecule has 0 bridgehead atoms. The Balaban J connectivity index is 1.65. The van der Waals surface area contributed by atoms with Crippen LogP contribution in [0.4, 0.5) is 0 Å². The lowest BCUT2D eigenvalue weighted by atomic mass is 10.0. The molecule has 2 aromatic rings. The maximum Gasteiger partial charge on any atom is 0.330 e. The Labute approximate surface area is 236 Å². The van der Waals surface area contributed by atoms with Crippen LogP contribution in [0.25, 0.3) is 6.08 Å². The van der Waals surface area contributed by atoms with E-state index >= 15 is 0 Å². The van der Waals surface area contributed by atoms with Crippen LogP contribution in [0, 0.1) is 0 Å². The molecule has 1 fully saturated rings. The molecule has 6 atom stereocenters. The van der Waals surface area contributed by atoms with Crippen molar-refractivity contribution in [3.8, 4) is 23.0 Å². The topological polar surface area (TPSA) is 180 Å². The van der Waals surface area contributed by atoms with E-state index in [9.17, 15) is 30.0 Å². The SMILES string of the molecule is COc1cc([C@@H](O)[C@@H](CO)Oc2ccc(/C=C/C(=O)OC[C@@H]3O[C@@H](OC)[C@H](O)[C@H]3O)cc2OC)ccc1OC(C)=O. The molecule has 1 aliphatic heterocycles. The van der Waals surface area contributed by atoms with E-state index in [0.717, 1.165) is 6.08 Å². The molecular weight excluding hydrogens is 544 g/mol. The van der Waals surface area contributed by atoms with Crippen LogP contribution < -0.4 is 18.9 Å². The van der Waals surface area contributed by atoms with Gasteiger partial charge in [-0.2, -0.15) is 0 Å². The van der Waals surface area contributed by atoms with Crippen molar-refractivity contribution < 1.29 is 63.2 Å². The van der Waals surface area contributed by atoms with Gasteiger partial charge in [0.2, 0.25) is 0 Å². The number of hydrogen-bond acceptors (Lipinski definition) is 13. The lowest BCUT2D eigenvalue weighted by Crippen LogP contribution is -2.35. The van der Waals surface area contributed by atoms with Crippen LogP contribution in [0.5, 0.6) is 23.0 Å². The number of carbonyl (C=O) groups excluding carboxylic acids is 2. The van der Waals surface area contributed by atoms with E-state index in [-0.39, 0.29) is 29.6 Å². The van der Waals surface area contributed by atoms with Gasteiger partial charge in [0.1, 0.15) is 31.0 Å². The van der Waals surface area contributed by atoms with Crippen molar-refractivity contribution in [2.45, 2.75) is 43.7 Å². The molecule has 0 spiro atoms. The zero-order chi connectivity index (χ0) is 30.1. The summed E-state index contributed by atoms with van der Waals surface area (Å²) in [6.45, 7) is 0.412. The van der Waals surface area contributed by atoms with E-state index in [1.54, 1.807) is 18.2 Å². The summed E-state index contributed by atoms with van der Waals surface area (Å²) in [6.07, 6.45) is -4.25. The quantitative estimate of drug-likeness (QED) is 0.149. The smallest absolute Gasteiger partial charge is 0.330 e.